The van der Waals surface area contributed by atoms with Crippen molar-refractivity contribution in [3.8, 4) is 6.07 Å². The van der Waals surface area contributed by atoms with E-state index in [0.717, 1.165) is 5.56 Å². The quantitative estimate of drug-likeness (QED) is 0.422. The predicted molar refractivity (Wildman–Crippen MR) is 96.3 cm³/mol. The number of fused-ring (bicyclic) bond motifs is 1. The summed E-state index contributed by atoms with van der Waals surface area (Å²) < 4.78 is 7.00. The lowest BCUT2D eigenvalue weighted by atomic mass is 10.1. The van der Waals surface area contributed by atoms with Crippen LogP contribution in [0, 0.1) is 11.3 Å². The van der Waals surface area contributed by atoms with Gasteiger partial charge >= 0.3 is 0 Å². The molecule has 0 unspecified atom stereocenters. The van der Waals surface area contributed by atoms with Crippen molar-refractivity contribution >= 4 is 5.82 Å². The van der Waals surface area contributed by atoms with E-state index in [-0.39, 0.29) is 19.1 Å². The van der Waals surface area contributed by atoms with Gasteiger partial charge in [-0.15, -0.1) is 0 Å². The normalized spacial score (nSPS) is 26.1. The van der Waals surface area contributed by atoms with Crippen LogP contribution in [0.15, 0.2) is 35.6 Å². The van der Waals surface area contributed by atoms with Gasteiger partial charge in [-0.1, -0.05) is 12.1 Å². The van der Waals surface area contributed by atoms with Gasteiger partial charge in [-0.3, -0.25) is 9.40 Å². The lowest BCUT2D eigenvalue weighted by Crippen LogP contribution is -2.47. The standard InChI is InChI=1S/C18H20N6O5/c19-5-10-2-1-3-11(4-10)7-28-24-9-22-17-13(16(24)20)21-8-23(17)18-15(27)14(26)12(6-25)29-18/h1-4,8,12,14-15,18,25-27H,6-7,9,20H2/t12-,14-,15-,18-/m1/s1. The molecular formula is C18H20N6O5. The van der Waals surface area contributed by atoms with Gasteiger partial charge in [0.05, 0.1) is 24.6 Å². The zero-order chi connectivity index (χ0) is 20.5. The number of imidazole rings is 1. The predicted octanol–water partition coefficient (Wildman–Crippen LogP) is -2.58. The molecule has 0 amide bonds. The number of aliphatic hydroxyl groups is 3. The molecule has 1 fully saturated rings. The number of hydroxylamine groups is 2. The fourth-order valence-electron chi connectivity index (χ4n) is 3.31. The van der Waals surface area contributed by atoms with Gasteiger partial charge in [-0.2, -0.15) is 5.26 Å². The molecule has 0 aliphatic carbocycles. The minimum Gasteiger partial charge on any atom is -0.394 e. The molecule has 4 rings (SSSR count). The molecule has 4 atom stereocenters. The summed E-state index contributed by atoms with van der Waals surface area (Å²) in [7, 11) is 0. The van der Waals surface area contributed by atoms with Crippen molar-refractivity contribution in [2.75, 3.05) is 13.3 Å². The van der Waals surface area contributed by atoms with E-state index in [4.69, 9.17) is 20.6 Å². The van der Waals surface area contributed by atoms with E-state index >= 15 is 0 Å². The van der Waals surface area contributed by atoms with Crippen LogP contribution in [-0.4, -0.2) is 61.5 Å². The SMILES string of the molecule is N#Cc1cccc(CON2CN=c3c(ncn3[C@@H]3O[C@H](CO)[C@@H](O)[C@H]3O)=C2N)c1. The van der Waals surface area contributed by atoms with Crippen LogP contribution in [0.5, 0.6) is 0 Å². The molecule has 5 N–H and O–H groups in total. The highest BCUT2D eigenvalue weighted by Gasteiger charge is 2.43. The molecule has 0 spiro atoms. The Balaban J connectivity index is 1.55. The first-order valence-corrected chi connectivity index (χ1v) is 8.92. The highest BCUT2D eigenvalue weighted by Crippen LogP contribution is 2.27. The summed E-state index contributed by atoms with van der Waals surface area (Å²) in [5.41, 5.74) is 7.89. The summed E-state index contributed by atoms with van der Waals surface area (Å²) in [4.78, 5) is 14.3. The molecule has 0 radical (unpaired) electrons. The average molecular weight is 400 g/mol. The molecule has 11 nitrogen and oxygen atoms in total. The summed E-state index contributed by atoms with van der Waals surface area (Å²) in [6, 6.07) is 9.10. The molecule has 0 saturated carbocycles. The molecule has 1 saturated heterocycles. The monoisotopic (exact) mass is 400 g/mol. The number of nitrogens with two attached hydrogens (primary N) is 1. The highest BCUT2D eigenvalue weighted by atomic mass is 16.7. The smallest absolute Gasteiger partial charge is 0.165 e. The van der Waals surface area contributed by atoms with Crippen molar-refractivity contribution < 1.29 is 24.9 Å². The lowest BCUT2D eigenvalue weighted by molar-refractivity contribution is -0.124. The molecule has 11 heteroatoms. The third kappa shape index (κ3) is 3.44. The number of aliphatic hydroxyl groups excluding tert-OH is 3. The second-order valence-corrected chi connectivity index (χ2v) is 6.70. The largest absolute Gasteiger partial charge is 0.394 e. The Morgan fingerprint density at radius 2 is 2.17 bits per heavy atom. The van der Waals surface area contributed by atoms with Crippen molar-refractivity contribution in [1.82, 2.24) is 14.6 Å². The van der Waals surface area contributed by atoms with Crippen LogP contribution in [0.25, 0.3) is 5.82 Å². The van der Waals surface area contributed by atoms with E-state index in [1.165, 1.54) is 16.0 Å². The topological polar surface area (TPSA) is 162 Å². The first kappa shape index (κ1) is 19.3. The first-order valence-electron chi connectivity index (χ1n) is 8.92. The first-order chi connectivity index (χ1) is 14.0. The summed E-state index contributed by atoms with van der Waals surface area (Å²) in [5.74, 6) is 0.233. The number of rotatable bonds is 5. The van der Waals surface area contributed by atoms with Gasteiger partial charge in [0.15, 0.2) is 17.5 Å². The molecule has 1 aromatic heterocycles. The van der Waals surface area contributed by atoms with E-state index in [0.29, 0.717) is 16.4 Å². The van der Waals surface area contributed by atoms with E-state index in [2.05, 4.69) is 16.0 Å². The van der Waals surface area contributed by atoms with Crippen LogP contribution in [0.2, 0.25) is 0 Å². The fraction of sp³-hybridized carbons (Fsp3) is 0.389. The Hall–Kier alpha value is -3.01. The maximum absolute atomic E-state index is 10.2. The van der Waals surface area contributed by atoms with Crippen LogP contribution in [0.4, 0.5) is 0 Å². The molecule has 3 heterocycles. The molecular weight excluding hydrogens is 380 g/mol. The van der Waals surface area contributed by atoms with Gasteiger partial charge < -0.3 is 25.8 Å². The van der Waals surface area contributed by atoms with E-state index in [1.807, 2.05) is 6.07 Å². The zero-order valence-electron chi connectivity index (χ0n) is 15.3. The minimum atomic E-state index is -1.25. The van der Waals surface area contributed by atoms with Gasteiger partial charge in [0.2, 0.25) is 0 Å². The minimum absolute atomic E-state index is 0.0806. The lowest BCUT2D eigenvalue weighted by Gasteiger charge is -2.24. The Bertz CT molecular complexity index is 1060. The van der Waals surface area contributed by atoms with Crippen molar-refractivity contribution in [3.05, 3.63) is 52.6 Å². The third-order valence-corrected chi connectivity index (χ3v) is 4.86. The Labute approximate surface area is 165 Å². The number of aromatic nitrogens is 2. The third-order valence-electron chi connectivity index (χ3n) is 4.86. The molecule has 0 bridgehead atoms. The Morgan fingerprint density at radius 1 is 1.34 bits per heavy atom. The molecule has 2 aromatic rings. The summed E-state index contributed by atoms with van der Waals surface area (Å²) in [6.45, 7) is -0.153. The maximum atomic E-state index is 10.2. The number of hydrogen-bond acceptors (Lipinski definition) is 10. The van der Waals surface area contributed by atoms with Gasteiger partial charge in [0.1, 0.15) is 36.9 Å². The van der Waals surface area contributed by atoms with Crippen LogP contribution >= 0.6 is 0 Å². The molecule has 2 aliphatic rings. The Morgan fingerprint density at radius 3 is 2.90 bits per heavy atom. The van der Waals surface area contributed by atoms with Crippen LogP contribution in [0.3, 0.4) is 0 Å². The number of benzene rings is 1. The summed E-state index contributed by atoms with van der Waals surface area (Å²) in [6.07, 6.45) is -2.92. The van der Waals surface area contributed by atoms with Gasteiger partial charge in [-0.25, -0.2) is 15.0 Å². The van der Waals surface area contributed by atoms with E-state index in [9.17, 15) is 15.3 Å². The van der Waals surface area contributed by atoms with Crippen molar-refractivity contribution in [3.63, 3.8) is 0 Å². The fourth-order valence-corrected chi connectivity index (χ4v) is 3.31. The van der Waals surface area contributed by atoms with Crippen LogP contribution in [-0.2, 0) is 16.2 Å². The number of hydrogen-bond donors (Lipinski definition) is 4. The molecule has 1 aromatic carbocycles. The van der Waals surface area contributed by atoms with Crippen LogP contribution in [0.1, 0.15) is 17.4 Å². The summed E-state index contributed by atoms with van der Waals surface area (Å²) in [5, 5.41) is 40.2. The number of nitriles is 1. The average Bonchev–Trinajstić information content (AvgIpc) is 3.29. The molecule has 29 heavy (non-hydrogen) atoms. The van der Waals surface area contributed by atoms with E-state index in [1.54, 1.807) is 18.2 Å². The van der Waals surface area contributed by atoms with Crippen molar-refractivity contribution in [1.29, 1.82) is 5.26 Å². The maximum Gasteiger partial charge on any atom is 0.165 e. The second kappa shape index (κ2) is 7.78. The van der Waals surface area contributed by atoms with E-state index < -0.39 is 31.1 Å². The Kier molecular flexibility index (Phi) is 5.18. The number of nitrogens with zero attached hydrogens (tertiary/aromatic N) is 5. The van der Waals surface area contributed by atoms with Crippen LogP contribution < -0.4 is 16.6 Å². The van der Waals surface area contributed by atoms with Gasteiger partial charge in [0.25, 0.3) is 0 Å². The number of ether oxygens (including phenoxy) is 1. The highest BCUT2D eigenvalue weighted by molar-refractivity contribution is 5.35. The second-order valence-electron chi connectivity index (χ2n) is 6.70. The molecule has 2 aliphatic heterocycles. The summed E-state index contributed by atoms with van der Waals surface area (Å²) >= 11 is 0. The van der Waals surface area contributed by atoms with Crippen molar-refractivity contribution in [2.24, 2.45) is 10.7 Å². The zero-order valence-corrected chi connectivity index (χ0v) is 15.3. The van der Waals surface area contributed by atoms with Gasteiger partial charge in [0, 0.05) is 0 Å². The van der Waals surface area contributed by atoms with Crippen molar-refractivity contribution in [2.45, 2.75) is 31.1 Å². The molecule has 152 valence electrons. The van der Waals surface area contributed by atoms with Gasteiger partial charge in [-0.05, 0) is 17.7 Å².